The van der Waals surface area contributed by atoms with Gasteiger partial charge in [-0.15, -0.1) is 0 Å². The molecule has 1 aromatic rings. The third-order valence-electron chi connectivity index (χ3n) is 2.64. The van der Waals surface area contributed by atoms with Crippen LogP contribution in [0, 0.1) is 0 Å². The van der Waals surface area contributed by atoms with Crippen molar-refractivity contribution in [1.29, 1.82) is 0 Å². The average molecular weight is 270 g/mol. The second-order valence-electron chi connectivity index (χ2n) is 3.81. The summed E-state index contributed by atoms with van der Waals surface area (Å²) < 4.78 is 0. The van der Waals surface area contributed by atoms with Gasteiger partial charge in [0.15, 0.2) is 5.17 Å². The Hall–Kier alpha value is -0.710. The van der Waals surface area contributed by atoms with Gasteiger partial charge < -0.3 is 5.32 Å². The molecule has 1 aromatic carbocycles. The number of benzene rings is 1. The Morgan fingerprint density at radius 3 is 2.94 bits per heavy atom. The molecule has 0 saturated heterocycles. The SMILES string of the molecule is CCN1CN=C(SCc2ccccc2Cl)NC1. The van der Waals surface area contributed by atoms with Crippen LogP contribution in [0.5, 0.6) is 0 Å². The normalized spacial score (nSPS) is 16.5. The van der Waals surface area contributed by atoms with Crippen LogP contribution in [-0.2, 0) is 5.75 Å². The molecule has 0 radical (unpaired) electrons. The minimum atomic E-state index is 0.786. The van der Waals surface area contributed by atoms with Crippen molar-refractivity contribution in [2.45, 2.75) is 12.7 Å². The molecule has 0 aromatic heterocycles. The van der Waals surface area contributed by atoms with Crippen LogP contribution in [0.4, 0.5) is 0 Å². The Bertz CT molecular complexity index is 408. The molecule has 2 rings (SSSR count). The Kier molecular flexibility index (Phi) is 4.71. The number of nitrogens with one attached hydrogen (secondary N) is 1. The third kappa shape index (κ3) is 3.63. The van der Waals surface area contributed by atoms with Gasteiger partial charge in [0.1, 0.15) is 0 Å². The summed E-state index contributed by atoms with van der Waals surface area (Å²) in [5, 5.41) is 5.14. The first-order valence-corrected chi connectivity index (χ1v) is 7.03. The molecular formula is C12H16ClN3S. The van der Waals surface area contributed by atoms with Crippen molar-refractivity contribution in [3.63, 3.8) is 0 Å². The molecule has 5 heteroatoms. The molecule has 0 unspecified atom stereocenters. The highest BCUT2D eigenvalue weighted by Gasteiger charge is 2.10. The Morgan fingerprint density at radius 1 is 1.47 bits per heavy atom. The molecule has 1 aliphatic heterocycles. The molecule has 0 aliphatic carbocycles. The molecule has 3 nitrogen and oxygen atoms in total. The fourth-order valence-electron chi connectivity index (χ4n) is 1.52. The molecule has 17 heavy (non-hydrogen) atoms. The lowest BCUT2D eigenvalue weighted by atomic mass is 10.2. The highest BCUT2D eigenvalue weighted by atomic mass is 35.5. The highest BCUT2D eigenvalue weighted by Crippen LogP contribution is 2.21. The first-order chi connectivity index (χ1) is 8.29. The molecule has 1 heterocycles. The van der Waals surface area contributed by atoms with Crippen LogP contribution in [0.15, 0.2) is 29.3 Å². The van der Waals surface area contributed by atoms with E-state index in [0.29, 0.717) is 0 Å². The van der Waals surface area contributed by atoms with Gasteiger partial charge in [-0.25, -0.2) is 4.99 Å². The maximum atomic E-state index is 6.11. The minimum Gasteiger partial charge on any atom is -0.352 e. The van der Waals surface area contributed by atoms with Crippen LogP contribution < -0.4 is 5.32 Å². The van der Waals surface area contributed by atoms with E-state index in [4.69, 9.17) is 11.6 Å². The van der Waals surface area contributed by atoms with E-state index >= 15 is 0 Å². The average Bonchev–Trinajstić information content (AvgIpc) is 2.38. The van der Waals surface area contributed by atoms with E-state index in [9.17, 15) is 0 Å². The van der Waals surface area contributed by atoms with Crippen LogP contribution in [0.2, 0.25) is 5.02 Å². The van der Waals surface area contributed by atoms with Gasteiger partial charge in [0.2, 0.25) is 0 Å². The lowest BCUT2D eigenvalue weighted by Gasteiger charge is -2.25. The van der Waals surface area contributed by atoms with Gasteiger partial charge in [-0.1, -0.05) is 48.5 Å². The number of amidine groups is 1. The summed E-state index contributed by atoms with van der Waals surface area (Å²) in [6.07, 6.45) is 0. The first-order valence-electron chi connectivity index (χ1n) is 5.66. The smallest absolute Gasteiger partial charge is 0.159 e. The quantitative estimate of drug-likeness (QED) is 0.914. The highest BCUT2D eigenvalue weighted by molar-refractivity contribution is 8.13. The number of rotatable bonds is 3. The molecule has 0 saturated carbocycles. The molecular weight excluding hydrogens is 254 g/mol. The van der Waals surface area contributed by atoms with Gasteiger partial charge in [0.25, 0.3) is 0 Å². The van der Waals surface area contributed by atoms with Crippen molar-refractivity contribution in [2.75, 3.05) is 19.9 Å². The van der Waals surface area contributed by atoms with Crippen molar-refractivity contribution in [2.24, 2.45) is 4.99 Å². The van der Waals surface area contributed by atoms with Gasteiger partial charge in [0.05, 0.1) is 13.3 Å². The van der Waals surface area contributed by atoms with Crippen LogP contribution in [0.3, 0.4) is 0 Å². The van der Waals surface area contributed by atoms with Crippen molar-refractivity contribution >= 4 is 28.5 Å². The Balaban J connectivity index is 1.87. The van der Waals surface area contributed by atoms with Gasteiger partial charge >= 0.3 is 0 Å². The number of nitrogens with zero attached hydrogens (tertiary/aromatic N) is 2. The molecule has 92 valence electrons. The summed E-state index contributed by atoms with van der Waals surface area (Å²) in [6, 6.07) is 7.94. The summed E-state index contributed by atoms with van der Waals surface area (Å²) >= 11 is 7.81. The molecule has 1 aliphatic rings. The number of aliphatic imine (C=N–C) groups is 1. The van der Waals surface area contributed by atoms with Gasteiger partial charge in [0, 0.05) is 10.8 Å². The summed E-state index contributed by atoms with van der Waals surface area (Å²) in [7, 11) is 0. The molecule has 0 fully saturated rings. The zero-order valence-corrected chi connectivity index (χ0v) is 11.4. The Morgan fingerprint density at radius 2 is 2.29 bits per heavy atom. The maximum absolute atomic E-state index is 6.11. The molecule has 0 bridgehead atoms. The van der Waals surface area contributed by atoms with E-state index < -0.39 is 0 Å². The summed E-state index contributed by atoms with van der Waals surface area (Å²) in [6.45, 7) is 4.83. The maximum Gasteiger partial charge on any atom is 0.159 e. The van der Waals surface area contributed by atoms with Crippen molar-refractivity contribution in [3.8, 4) is 0 Å². The zero-order chi connectivity index (χ0) is 12.1. The van der Waals surface area contributed by atoms with Crippen LogP contribution in [0.1, 0.15) is 12.5 Å². The van der Waals surface area contributed by atoms with Crippen LogP contribution in [0.25, 0.3) is 0 Å². The topological polar surface area (TPSA) is 27.6 Å². The third-order valence-corrected chi connectivity index (χ3v) is 4.01. The summed E-state index contributed by atoms with van der Waals surface area (Å²) in [4.78, 5) is 6.71. The molecule has 1 N–H and O–H groups in total. The van der Waals surface area contributed by atoms with E-state index in [0.717, 1.165) is 41.4 Å². The number of hydrogen-bond donors (Lipinski definition) is 1. The van der Waals surface area contributed by atoms with E-state index in [2.05, 4.69) is 28.2 Å². The first kappa shape index (κ1) is 12.7. The molecule has 0 atom stereocenters. The van der Waals surface area contributed by atoms with E-state index in [-0.39, 0.29) is 0 Å². The van der Waals surface area contributed by atoms with Crippen molar-refractivity contribution in [3.05, 3.63) is 34.9 Å². The summed E-state index contributed by atoms with van der Waals surface area (Å²) in [5.74, 6) is 0.859. The molecule has 0 amide bonds. The number of hydrogen-bond acceptors (Lipinski definition) is 4. The van der Waals surface area contributed by atoms with Gasteiger partial charge in [-0.05, 0) is 18.2 Å². The van der Waals surface area contributed by atoms with E-state index in [1.165, 1.54) is 0 Å². The van der Waals surface area contributed by atoms with E-state index in [1.54, 1.807) is 11.8 Å². The van der Waals surface area contributed by atoms with Crippen molar-refractivity contribution < 1.29 is 0 Å². The van der Waals surface area contributed by atoms with Gasteiger partial charge in [-0.3, -0.25) is 4.90 Å². The summed E-state index contributed by atoms with van der Waals surface area (Å²) in [5.41, 5.74) is 1.15. The monoisotopic (exact) mass is 269 g/mol. The molecule has 0 spiro atoms. The largest absolute Gasteiger partial charge is 0.352 e. The Labute approximate surface area is 111 Å². The van der Waals surface area contributed by atoms with E-state index in [1.807, 2.05) is 18.2 Å². The fourth-order valence-corrected chi connectivity index (χ4v) is 2.66. The van der Waals surface area contributed by atoms with Gasteiger partial charge in [-0.2, -0.15) is 0 Å². The second-order valence-corrected chi connectivity index (χ2v) is 5.18. The number of halogens is 1. The second kappa shape index (κ2) is 6.28. The lowest BCUT2D eigenvalue weighted by molar-refractivity contribution is 0.281. The number of thioether (sulfide) groups is 1. The lowest BCUT2D eigenvalue weighted by Crippen LogP contribution is -2.41. The van der Waals surface area contributed by atoms with Crippen LogP contribution in [-0.4, -0.2) is 29.9 Å². The minimum absolute atomic E-state index is 0.786. The predicted molar refractivity (Wildman–Crippen MR) is 75.4 cm³/mol. The predicted octanol–water partition coefficient (Wildman–Crippen LogP) is 2.77. The zero-order valence-electron chi connectivity index (χ0n) is 9.82. The van der Waals surface area contributed by atoms with Crippen LogP contribution >= 0.6 is 23.4 Å². The van der Waals surface area contributed by atoms with Crippen molar-refractivity contribution in [1.82, 2.24) is 10.2 Å². The standard InChI is InChI=1S/C12H16ClN3S/c1-2-16-8-14-12(15-9-16)17-7-10-5-3-4-6-11(10)13/h3-6H,2,7-9H2,1H3,(H,14,15). The fraction of sp³-hybridized carbons (Fsp3) is 0.417.